The van der Waals surface area contributed by atoms with Gasteiger partial charge < -0.3 is 9.16 Å². The molecule has 0 atom stereocenters. The van der Waals surface area contributed by atoms with Crippen molar-refractivity contribution in [3.05, 3.63) is 30.5 Å². The van der Waals surface area contributed by atoms with Gasteiger partial charge in [-0.2, -0.15) is 0 Å². The number of carbonyl (C=O) groups is 3. The fourth-order valence-corrected chi connectivity index (χ4v) is 4.68. The quantitative estimate of drug-likeness (QED) is 0.183. The van der Waals surface area contributed by atoms with Gasteiger partial charge in [0.25, 0.3) is 20.1 Å². The fourth-order valence-electron chi connectivity index (χ4n) is 2.79. The van der Waals surface area contributed by atoms with E-state index in [2.05, 4.69) is 43.7 Å². The molecule has 0 spiro atoms. The number of pyridine rings is 1. The number of hydrogen-bond donors (Lipinski definition) is 0. The van der Waals surface area contributed by atoms with Crippen LogP contribution < -0.4 is 4.43 Å². The maximum absolute atomic E-state index is 11.7. The molecule has 1 aromatic heterocycles. The topological polar surface area (TPSA) is 95.0 Å². The van der Waals surface area contributed by atoms with Gasteiger partial charge in [0, 0.05) is 35.1 Å². The molecule has 2 amide bonds. The van der Waals surface area contributed by atoms with E-state index in [1.165, 1.54) is 11.8 Å². The van der Waals surface area contributed by atoms with Crippen LogP contribution in [0.1, 0.15) is 33.6 Å². The SMILES string of the molecule is CC(C)(C)[Si](C)(C)Oc1ccc(SCCOC(=O)ON2C(=O)CCC2=O)c2cccnc12. The van der Waals surface area contributed by atoms with Crippen molar-refractivity contribution in [2.75, 3.05) is 12.4 Å². The summed E-state index contributed by atoms with van der Waals surface area (Å²) < 4.78 is 11.5. The van der Waals surface area contributed by atoms with Crippen LogP contribution in [0.5, 0.6) is 5.75 Å². The zero-order valence-corrected chi connectivity index (χ0v) is 20.8. The van der Waals surface area contributed by atoms with Crippen molar-refractivity contribution in [1.29, 1.82) is 0 Å². The van der Waals surface area contributed by atoms with Crippen LogP contribution in [0.15, 0.2) is 35.4 Å². The summed E-state index contributed by atoms with van der Waals surface area (Å²) in [6.07, 6.45) is 0.755. The van der Waals surface area contributed by atoms with Crippen LogP contribution in [-0.2, 0) is 19.2 Å². The van der Waals surface area contributed by atoms with Gasteiger partial charge in [-0.1, -0.05) is 31.9 Å². The second-order valence-electron chi connectivity index (χ2n) is 8.94. The molecule has 2 aromatic rings. The number of benzene rings is 1. The van der Waals surface area contributed by atoms with Gasteiger partial charge in [0.05, 0.1) is 0 Å². The van der Waals surface area contributed by atoms with E-state index in [0.29, 0.717) is 10.8 Å². The van der Waals surface area contributed by atoms with Gasteiger partial charge in [0.1, 0.15) is 17.9 Å². The van der Waals surface area contributed by atoms with Gasteiger partial charge in [-0.15, -0.1) is 11.8 Å². The fraction of sp³-hybridized carbons (Fsp3) is 0.455. The standard InChI is InChI=1S/C22H28N2O6SSi/c1-22(2,3)32(4,5)30-16-8-9-17(15-7-6-12-23-20(15)16)31-14-13-28-21(27)29-24-18(25)10-11-19(24)26/h6-9,12H,10-11,13-14H2,1-5H3. The van der Waals surface area contributed by atoms with E-state index in [4.69, 9.17) is 9.16 Å². The number of hydrogen-bond acceptors (Lipinski definition) is 8. The Bertz CT molecular complexity index is 1020. The Morgan fingerprint density at radius 2 is 1.84 bits per heavy atom. The number of fused-ring (bicyclic) bond motifs is 1. The number of carbonyl (C=O) groups excluding carboxylic acids is 3. The molecule has 32 heavy (non-hydrogen) atoms. The number of ether oxygens (including phenoxy) is 1. The minimum absolute atomic E-state index is 0.0399. The smallest absolute Gasteiger partial charge is 0.533 e. The molecule has 1 aromatic carbocycles. The molecule has 0 radical (unpaired) electrons. The Morgan fingerprint density at radius 3 is 2.50 bits per heavy atom. The van der Waals surface area contributed by atoms with Gasteiger partial charge in [-0.05, 0) is 36.3 Å². The van der Waals surface area contributed by atoms with Crippen LogP contribution >= 0.6 is 11.8 Å². The molecular formula is C22H28N2O6SSi. The summed E-state index contributed by atoms with van der Waals surface area (Å²) in [4.78, 5) is 44.9. The molecule has 2 heterocycles. The number of aromatic nitrogens is 1. The molecule has 1 fully saturated rings. The summed E-state index contributed by atoms with van der Waals surface area (Å²) in [5.41, 5.74) is 0.800. The van der Waals surface area contributed by atoms with E-state index >= 15 is 0 Å². The third-order valence-corrected chi connectivity index (χ3v) is 11.0. The molecule has 1 aliphatic rings. The van der Waals surface area contributed by atoms with Crippen LogP contribution in [0.2, 0.25) is 18.1 Å². The average Bonchev–Trinajstić information content (AvgIpc) is 3.03. The van der Waals surface area contributed by atoms with Crippen molar-refractivity contribution >= 4 is 49.0 Å². The highest BCUT2D eigenvalue weighted by atomic mass is 32.2. The van der Waals surface area contributed by atoms with Crippen LogP contribution in [-0.4, -0.2) is 48.7 Å². The van der Waals surface area contributed by atoms with Crippen LogP contribution in [0.3, 0.4) is 0 Å². The van der Waals surface area contributed by atoms with Crippen molar-refractivity contribution in [3.8, 4) is 5.75 Å². The van der Waals surface area contributed by atoms with Crippen molar-refractivity contribution in [1.82, 2.24) is 10.0 Å². The lowest BCUT2D eigenvalue weighted by atomic mass is 10.2. The molecule has 0 aliphatic carbocycles. The first-order valence-electron chi connectivity index (χ1n) is 10.4. The summed E-state index contributed by atoms with van der Waals surface area (Å²) in [6, 6.07) is 7.79. The lowest BCUT2D eigenvalue weighted by Gasteiger charge is -2.36. The average molecular weight is 477 g/mol. The largest absolute Gasteiger partial charge is 0.542 e. The maximum Gasteiger partial charge on any atom is 0.533 e. The first-order valence-corrected chi connectivity index (χ1v) is 14.3. The highest BCUT2D eigenvalue weighted by molar-refractivity contribution is 7.99. The highest BCUT2D eigenvalue weighted by Gasteiger charge is 2.39. The number of nitrogens with zero attached hydrogens (tertiary/aromatic N) is 2. The lowest BCUT2D eigenvalue weighted by Crippen LogP contribution is -2.43. The molecule has 10 heteroatoms. The maximum atomic E-state index is 11.7. The molecule has 3 rings (SSSR count). The van der Waals surface area contributed by atoms with Gasteiger partial charge in [-0.3, -0.25) is 19.4 Å². The Morgan fingerprint density at radius 1 is 1.16 bits per heavy atom. The summed E-state index contributed by atoms with van der Waals surface area (Å²) in [5.74, 6) is 0.153. The Labute approximate surface area is 192 Å². The summed E-state index contributed by atoms with van der Waals surface area (Å²) in [7, 11) is -2.02. The minimum atomic E-state index is -2.02. The zero-order chi connectivity index (χ0) is 23.5. The monoisotopic (exact) mass is 476 g/mol. The summed E-state index contributed by atoms with van der Waals surface area (Å²) in [6.45, 7) is 11.0. The highest BCUT2D eigenvalue weighted by Crippen LogP contribution is 2.40. The third-order valence-electron chi connectivity index (χ3n) is 5.60. The van der Waals surface area contributed by atoms with Gasteiger partial charge in [0.2, 0.25) is 0 Å². The first-order chi connectivity index (χ1) is 15.0. The van der Waals surface area contributed by atoms with E-state index in [1.54, 1.807) is 6.20 Å². The number of imide groups is 1. The van der Waals surface area contributed by atoms with E-state index in [1.807, 2.05) is 24.3 Å². The van der Waals surface area contributed by atoms with Crippen molar-refractivity contribution in [3.63, 3.8) is 0 Å². The molecule has 1 saturated heterocycles. The minimum Gasteiger partial charge on any atom is -0.542 e. The van der Waals surface area contributed by atoms with Crippen molar-refractivity contribution in [2.45, 2.75) is 56.6 Å². The first kappa shape index (κ1) is 24.1. The number of rotatable bonds is 7. The molecule has 0 N–H and O–H groups in total. The predicted molar refractivity (Wildman–Crippen MR) is 124 cm³/mol. The van der Waals surface area contributed by atoms with Crippen molar-refractivity contribution < 1.29 is 28.4 Å². The molecule has 1 aliphatic heterocycles. The third kappa shape index (κ3) is 5.42. The van der Waals surface area contributed by atoms with Crippen LogP contribution in [0.4, 0.5) is 4.79 Å². The second kappa shape index (κ2) is 9.49. The van der Waals surface area contributed by atoms with Gasteiger partial charge in [0.15, 0.2) is 0 Å². The predicted octanol–water partition coefficient (Wildman–Crippen LogP) is 4.93. The lowest BCUT2D eigenvalue weighted by molar-refractivity contribution is -0.176. The molecule has 0 saturated carbocycles. The van der Waals surface area contributed by atoms with Crippen LogP contribution in [0, 0.1) is 0 Å². The Hall–Kier alpha value is -2.59. The summed E-state index contributed by atoms with van der Waals surface area (Å²) >= 11 is 1.50. The van der Waals surface area contributed by atoms with Crippen molar-refractivity contribution in [2.24, 2.45) is 0 Å². The number of amides is 2. The molecule has 0 bridgehead atoms. The second-order valence-corrected chi connectivity index (χ2v) is 14.8. The zero-order valence-electron chi connectivity index (χ0n) is 19.0. The molecule has 0 unspecified atom stereocenters. The molecular weight excluding hydrogens is 448 g/mol. The normalized spacial score (nSPS) is 14.7. The number of thioether (sulfide) groups is 1. The Balaban J connectivity index is 1.62. The molecule has 8 nitrogen and oxygen atoms in total. The van der Waals surface area contributed by atoms with Gasteiger partial charge >= 0.3 is 6.16 Å². The van der Waals surface area contributed by atoms with Crippen LogP contribution in [0.25, 0.3) is 10.9 Å². The van der Waals surface area contributed by atoms with E-state index in [9.17, 15) is 14.4 Å². The van der Waals surface area contributed by atoms with E-state index in [-0.39, 0.29) is 24.5 Å². The van der Waals surface area contributed by atoms with E-state index < -0.39 is 26.3 Å². The van der Waals surface area contributed by atoms with E-state index in [0.717, 1.165) is 21.5 Å². The molecule has 172 valence electrons. The summed E-state index contributed by atoms with van der Waals surface area (Å²) in [5, 5.41) is 1.50. The van der Waals surface area contributed by atoms with Gasteiger partial charge in [-0.25, -0.2) is 4.79 Å². The number of hydroxylamine groups is 2. The Kier molecular flexibility index (Phi) is 7.14.